The number of ether oxygens (including phenoxy) is 1. The standard InChI is InChI=1S/C19H32BNO5S/c1-17(2,3)14-11-15(20-25-18(4,5)19(6,7)26-20)13(10-16(14)24-8)12-21-27(9,22)23/h10-11,21H,12H2,1-9H3. The molecule has 1 aromatic rings. The molecule has 1 aromatic carbocycles. The molecule has 0 radical (unpaired) electrons. The fourth-order valence-corrected chi connectivity index (χ4v) is 3.36. The number of benzene rings is 1. The lowest BCUT2D eigenvalue weighted by Crippen LogP contribution is -2.41. The number of rotatable bonds is 5. The van der Waals surface area contributed by atoms with E-state index < -0.39 is 28.3 Å². The largest absolute Gasteiger partial charge is 0.496 e. The maximum atomic E-state index is 11.6. The Morgan fingerprint density at radius 2 is 1.63 bits per heavy atom. The van der Waals surface area contributed by atoms with Gasteiger partial charge in [0.05, 0.1) is 24.6 Å². The van der Waals surface area contributed by atoms with Crippen LogP contribution in [0.3, 0.4) is 0 Å². The second-order valence-electron chi connectivity index (χ2n) is 9.18. The Labute approximate surface area is 164 Å². The van der Waals surface area contributed by atoms with E-state index in [1.54, 1.807) is 7.11 Å². The van der Waals surface area contributed by atoms with Crippen LogP contribution in [0.1, 0.15) is 59.6 Å². The molecule has 6 nitrogen and oxygen atoms in total. The van der Waals surface area contributed by atoms with Crippen molar-refractivity contribution in [3.63, 3.8) is 0 Å². The first kappa shape index (κ1) is 22.2. The number of sulfonamides is 1. The van der Waals surface area contributed by atoms with E-state index in [1.165, 1.54) is 0 Å². The highest BCUT2D eigenvalue weighted by molar-refractivity contribution is 7.88. The predicted molar refractivity (Wildman–Crippen MR) is 109 cm³/mol. The van der Waals surface area contributed by atoms with Gasteiger partial charge in [-0.05, 0) is 55.8 Å². The molecule has 1 saturated heterocycles. The van der Waals surface area contributed by atoms with Gasteiger partial charge in [0.1, 0.15) is 5.75 Å². The van der Waals surface area contributed by atoms with Gasteiger partial charge >= 0.3 is 7.12 Å². The Balaban J connectivity index is 2.58. The minimum absolute atomic E-state index is 0.138. The topological polar surface area (TPSA) is 73.9 Å². The smallest absolute Gasteiger partial charge is 0.495 e. The summed E-state index contributed by atoms with van der Waals surface area (Å²) >= 11 is 0. The van der Waals surface area contributed by atoms with Gasteiger partial charge in [0.15, 0.2) is 0 Å². The van der Waals surface area contributed by atoms with E-state index in [1.807, 2.05) is 39.8 Å². The van der Waals surface area contributed by atoms with E-state index in [9.17, 15) is 8.42 Å². The molecule has 8 heteroatoms. The zero-order valence-corrected chi connectivity index (χ0v) is 18.7. The predicted octanol–water partition coefficient (Wildman–Crippen LogP) is 2.34. The van der Waals surface area contributed by atoms with E-state index >= 15 is 0 Å². The molecule has 1 heterocycles. The minimum atomic E-state index is -3.34. The lowest BCUT2D eigenvalue weighted by Gasteiger charge is -2.32. The van der Waals surface area contributed by atoms with Crippen LogP contribution in [0.4, 0.5) is 0 Å². The van der Waals surface area contributed by atoms with Crippen LogP contribution in [0.5, 0.6) is 5.75 Å². The van der Waals surface area contributed by atoms with E-state index in [0.717, 1.165) is 22.8 Å². The molecule has 0 saturated carbocycles. The molecule has 0 atom stereocenters. The number of hydrogen-bond acceptors (Lipinski definition) is 5. The van der Waals surface area contributed by atoms with Crippen molar-refractivity contribution in [2.24, 2.45) is 0 Å². The van der Waals surface area contributed by atoms with Crippen LogP contribution in [-0.2, 0) is 31.3 Å². The van der Waals surface area contributed by atoms with Crippen LogP contribution in [0.15, 0.2) is 12.1 Å². The SMILES string of the molecule is COc1cc(CNS(C)(=O)=O)c(B2OC(C)(C)C(C)(C)O2)cc1C(C)(C)C. The fraction of sp³-hybridized carbons (Fsp3) is 0.684. The molecule has 1 fully saturated rings. The van der Waals surface area contributed by atoms with Crippen LogP contribution in [0.25, 0.3) is 0 Å². The molecule has 0 unspecified atom stereocenters. The maximum absolute atomic E-state index is 11.6. The van der Waals surface area contributed by atoms with Gasteiger partial charge in [-0.2, -0.15) is 0 Å². The number of hydrogen-bond donors (Lipinski definition) is 1. The molecule has 0 aliphatic carbocycles. The first-order valence-corrected chi connectivity index (χ1v) is 11.0. The third kappa shape index (κ3) is 4.85. The first-order chi connectivity index (χ1) is 12.1. The second kappa shape index (κ2) is 7.06. The molecular formula is C19H32BNO5S. The van der Waals surface area contributed by atoms with Crippen molar-refractivity contribution in [1.29, 1.82) is 0 Å². The summed E-state index contributed by atoms with van der Waals surface area (Å²) < 4.78 is 43.8. The highest BCUT2D eigenvalue weighted by Gasteiger charge is 2.52. The lowest BCUT2D eigenvalue weighted by atomic mass is 9.72. The Hall–Kier alpha value is -1.09. The molecule has 0 spiro atoms. The van der Waals surface area contributed by atoms with Gasteiger partial charge in [-0.3, -0.25) is 0 Å². The molecular weight excluding hydrogens is 365 g/mol. The molecule has 152 valence electrons. The van der Waals surface area contributed by atoms with Crippen molar-refractivity contribution >= 4 is 22.6 Å². The van der Waals surface area contributed by atoms with E-state index in [0.29, 0.717) is 5.75 Å². The lowest BCUT2D eigenvalue weighted by molar-refractivity contribution is 0.00578. The third-order valence-electron chi connectivity index (χ3n) is 5.30. The van der Waals surface area contributed by atoms with Crippen molar-refractivity contribution < 1.29 is 22.5 Å². The summed E-state index contributed by atoms with van der Waals surface area (Å²) in [6.07, 6.45) is 1.14. The van der Waals surface area contributed by atoms with Crippen molar-refractivity contribution in [2.75, 3.05) is 13.4 Å². The molecule has 0 aromatic heterocycles. The summed E-state index contributed by atoms with van der Waals surface area (Å²) in [7, 11) is -2.31. The molecule has 1 aliphatic heterocycles. The van der Waals surface area contributed by atoms with E-state index in [-0.39, 0.29) is 12.0 Å². The molecule has 1 aliphatic rings. The van der Waals surface area contributed by atoms with Crippen LogP contribution < -0.4 is 14.9 Å². The average molecular weight is 397 g/mol. The normalized spacial score (nSPS) is 19.4. The summed E-state index contributed by atoms with van der Waals surface area (Å²) in [6, 6.07) is 3.89. The van der Waals surface area contributed by atoms with Crippen LogP contribution in [0.2, 0.25) is 0 Å². The maximum Gasteiger partial charge on any atom is 0.495 e. The van der Waals surface area contributed by atoms with Crippen LogP contribution in [-0.4, -0.2) is 40.1 Å². The third-order valence-corrected chi connectivity index (χ3v) is 5.97. The Kier molecular flexibility index (Phi) is 5.81. The Morgan fingerprint density at radius 3 is 2.04 bits per heavy atom. The van der Waals surface area contributed by atoms with Gasteiger partial charge in [0.25, 0.3) is 0 Å². The highest BCUT2D eigenvalue weighted by Crippen LogP contribution is 2.38. The summed E-state index contributed by atoms with van der Waals surface area (Å²) in [5, 5.41) is 0. The van der Waals surface area contributed by atoms with E-state index in [2.05, 4.69) is 25.5 Å². The van der Waals surface area contributed by atoms with Gasteiger partial charge in [-0.15, -0.1) is 0 Å². The molecule has 2 rings (SSSR count). The summed E-state index contributed by atoms with van der Waals surface area (Å²) in [5.74, 6) is 0.716. The first-order valence-electron chi connectivity index (χ1n) is 9.09. The second-order valence-corrected chi connectivity index (χ2v) is 11.0. The van der Waals surface area contributed by atoms with Gasteiger partial charge in [0, 0.05) is 6.54 Å². The van der Waals surface area contributed by atoms with Crippen molar-refractivity contribution in [1.82, 2.24) is 4.72 Å². The quantitative estimate of drug-likeness (QED) is 0.773. The zero-order chi connectivity index (χ0) is 20.8. The monoisotopic (exact) mass is 397 g/mol. The molecule has 27 heavy (non-hydrogen) atoms. The minimum Gasteiger partial charge on any atom is -0.496 e. The van der Waals surface area contributed by atoms with Gasteiger partial charge in [0.2, 0.25) is 10.0 Å². The molecule has 0 amide bonds. The van der Waals surface area contributed by atoms with Crippen LogP contribution >= 0.6 is 0 Å². The summed E-state index contributed by atoms with van der Waals surface area (Å²) in [5.41, 5.74) is 1.46. The fourth-order valence-electron chi connectivity index (χ4n) is 2.95. The van der Waals surface area contributed by atoms with Crippen molar-refractivity contribution in [2.45, 2.75) is 71.6 Å². The number of methoxy groups -OCH3 is 1. The van der Waals surface area contributed by atoms with Gasteiger partial charge < -0.3 is 14.0 Å². The van der Waals surface area contributed by atoms with E-state index in [4.69, 9.17) is 14.0 Å². The average Bonchev–Trinajstić information content (AvgIpc) is 2.70. The van der Waals surface area contributed by atoms with Crippen LogP contribution in [0, 0.1) is 0 Å². The number of nitrogens with one attached hydrogen (secondary N) is 1. The zero-order valence-electron chi connectivity index (χ0n) is 17.9. The molecule has 1 N–H and O–H groups in total. The van der Waals surface area contributed by atoms with Crippen molar-refractivity contribution in [3.05, 3.63) is 23.3 Å². The summed E-state index contributed by atoms with van der Waals surface area (Å²) in [6.45, 7) is 14.4. The van der Waals surface area contributed by atoms with Gasteiger partial charge in [-0.1, -0.05) is 26.8 Å². The van der Waals surface area contributed by atoms with Gasteiger partial charge in [-0.25, -0.2) is 13.1 Å². The Morgan fingerprint density at radius 1 is 1.11 bits per heavy atom. The molecule has 0 bridgehead atoms. The Bertz CT molecular complexity index is 796. The summed E-state index contributed by atoms with van der Waals surface area (Å²) in [4.78, 5) is 0. The highest BCUT2D eigenvalue weighted by atomic mass is 32.2. The van der Waals surface area contributed by atoms with Crippen molar-refractivity contribution in [3.8, 4) is 5.75 Å².